The molecule has 0 amide bonds. The molecule has 1 aromatic carbocycles. The number of ether oxygens (including phenoxy) is 1. The molecule has 0 atom stereocenters. The third-order valence-electron chi connectivity index (χ3n) is 2.02. The molecule has 0 aliphatic heterocycles. The van der Waals surface area contributed by atoms with Gasteiger partial charge in [-0.2, -0.15) is 0 Å². The second kappa shape index (κ2) is 5.14. The van der Waals surface area contributed by atoms with Crippen molar-refractivity contribution in [1.82, 2.24) is 4.98 Å². The molecule has 1 aromatic heterocycles. The zero-order chi connectivity index (χ0) is 13.2. The molecule has 0 saturated heterocycles. The van der Waals surface area contributed by atoms with Crippen LogP contribution in [0.15, 0.2) is 47.6 Å². The standard InChI is InChI=1S/C11H7Cl2NO3S/c12-8-5-10(7-14-6-8)17-9-1-3-11(4-2-9)18(13,15)16/h1-7H. The number of benzene rings is 1. The summed E-state index contributed by atoms with van der Waals surface area (Å²) in [4.78, 5) is 3.88. The van der Waals surface area contributed by atoms with Gasteiger partial charge >= 0.3 is 0 Å². The lowest BCUT2D eigenvalue weighted by Gasteiger charge is -2.05. The second-order valence-corrected chi connectivity index (χ2v) is 6.35. The first kappa shape index (κ1) is 13.1. The minimum Gasteiger partial charge on any atom is -0.456 e. The first-order valence-electron chi connectivity index (χ1n) is 4.78. The van der Waals surface area contributed by atoms with Crippen LogP contribution in [0.2, 0.25) is 5.02 Å². The van der Waals surface area contributed by atoms with Crippen molar-refractivity contribution in [2.24, 2.45) is 0 Å². The number of aromatic nitrogens is 1. The number of halogens is 2. The van der Waals surface area contributed by atoms with Gasteiger partial charge in [-0.3, -0.25) is 4.98 Å². The van der Waals surface area contributed by atoms with Crippen molar-refractivity contribution in [3.8, 4) is 11.5 Å². The van der Waals surface area contributed by atoms with Gasteiger partial charge in [-0.05, 0) is 24.3 Å². The van der Waals surface area contributed by atoms with Gasteiger partial charge in [0.25, 0.3) is 9.05 Å². The molecule has 18 heavy (non-hydrogen) atoms. The average molecular weight is 304 g/mol. The van der Waals surface area contributed by atoms with Crippen LogP contribution in [-0.2, 0) is 9.05 Å². The molecule has 7 heteroatoms. The molecule has 2 rings (SSSR count). The van der Waals surface area contributed by atoms with Gasteiger partial charge in [0.15, 0.2) is 0 Å². The Hall–Kier alpha value is -1.30. The topological polar surface area (TPSA) is 56.3 Å². The van der Waals surface area contributed by atoms with Gasteiger partial charge in [-0.25, -0.2) is 8.42 Å². The van der Waals surface area contributed by atoms with E-state index in [-0.39, 0.29) is 4.90 Å². The van der Waals surface area contributed by atoms with Crippen LogP contribution in [0.5, 0.6) is 11.5 Å². The van der Waals surface area contributed by atoms with Crippen LogP contribution >= 0.6 is 22.3 Å². The van der Waals surface area contributed by atoms with Gasteiger partial charge in [0.05, 0.1) is 16.1 Å². The van der Waals surface area contributed by atoms with E-state index in [0.717, 1.165) is 0 Å². The van der Waals surface area contributed by atoms with Crippen LogP contribution in [0, 0.1) is 0 Å². The molecule has 0 spiro atoms. The van der Waals surface area contributed by atoms with E-state index in [9.17, 15) is 8.42 Å². The zero-order valence-corrected chi connectivity index (χ0v) is 11.2. The predicted molar refractivity (Wildman–Crippen MR) is 68.8 cm³/mol. The molecule has 0 N–H and O–H groups in total. The molecule has 0 saturated carbocycles. The molecule has 0 fully saturated rings. The lowest BCUT2D eigenvalue weighted by atomic mass is 10.3. The Bertz CT molecular complexity index is 656. The van der Waals surface area contributed by atoms with Gasteiger partial charge < -0.3 is 4.74 Å². The molecule has 0 bridgehead atoms. The maximum absolute atomic E-state index is 11.0. The highest BCUT2D eigenvalue weighted by atomic mass is 35.7. The van der Waals surface area contributed by atoms with Gasteiger partial charge in [0, 0.05) is 22.9 Å². The molecule has 1 heterocycles. The van der Waals surface area contributed by atoms with Gasteiger partial charge in [0.1, 0.15) is 11.5 Å². The molecule has 0 unspecified atom stereocenters. The van der Waals surface area contributed by atoms with E-state index in [1.807, 2.05) is 0 Å². The third-order valence-corrected chi connectivity index (χ3v) is 3.60. The van der Waals surface area contributed by atoms with Crippen molar-refractivity contribution >= 4 is 31.3 Å². The van der Waals surface area contributed by atoms with Crippen LogP contribution in [0.4, 0.5) is 0 Å². The van der Waals surface area contributed by atoms with Crippen molar-refractivity contribution in [1.29, 1.82) is 0 Å². The summed E-state index contributed by atoms with van der Waals surface area (Å²) in [6, 6.07) is 7.30. The SMILES string of the molecule is O=S(=O)(Cl)c1ccc(Oc2cncc(Cl)c2)cc1. The van der Waals surface area contributed by atoms with E-state index in [2.05, 4.69) is 4.98 Å². The van der Waals surface area contributed by atoms with E-state index in [4.69, 9.17) is 27.0 Å². The van der Waals surface area contributed by atoms with Crippen molar-refractivity contribution in [2.75, 3.05) is 0 Å². The number of nitrogens with zero attached hydrogens (tertiary/aromatic N) is 1. The molecular formula is C11H7Cl2NO3S. The second-order valence-electron chi connectivity index (χ2n) is 3.35. The zero-order valence-electron chi connectivity index (χ0n) is 8.88. The Morgan fingerprint density at radius 1 is 1.06 bits per heavy atom. The number of hydrogen-bond donors (Lipinski definition) is 0. The Labute approximate surface area is 114 Å². The molecular weight excluding hydrogens is 297 g/mol. The number of hydrogen-bond acceptors (Lipinski definition) is 4. The fourth-order valence-electron chi connectivity index (χ4n) is 1.25. The first-order valence-corrected chi connectivity index (χ1v) is 7.47. The summed E-state index contributed by atoms with van der Waals surface area (Å²) in [7, 11) is 1.48. The average Bonchev–Trinajstić information content (AvgIpc) is 2.28. The molecule has 0 aliphatic carbocycles. The first-order chi connectivity index (χ1) is 8.45. The van der Waals surface area contributed by atoms with Crippen LogP contribution < -0.4 is 4.74 Å². The van der Waals surface area contributed by atoms with Crippen molar-refractivity contribution < 1.29 is 13.2 Å². The normalized spacial score (nSPS) is 11.2. The Balaban J connectivity index is 2.21. The minimum absolute atomic E-state index is 0.0146. The molecule has 94 valence electrons. The van der Waals surface area contributed by atoms with Gasteiger partial charge in [-0.1, -0.05) is 11.6 Å². The maximum atomic E-state index is 11.0. The summed E-state index contributed by atoms with van der Waals surface area (Å²) < 4.78 is 27.5. The summed E-state index contributed by atoms with van der Waals surface area (Å²) in [5.74, 6) is 0.923. The predicted octanol–water partition coefficient (Wildman–Crippen LogP) is 3.45. The van der Waals surface area contributed by atoms with E-state index in [1.165, 1.54) is 36.7 Å². The summed E-state index contributed by atoms with van der Waals surface area (Å²) in [5, 5.41) is 0.451. The van der Waals surface area contributed by atoms with Gasteiger partial charge in [0.2, 0.25) is 0 Å². The van der Waals surface area contributed by atoms with E-state index < -0.39 is 9.05 Å². The Kier molecular flexibility index (Phi) is 3.75. The maximum Gasteiger partial charge on any atom is 0.261 e. The van der Waals surface area contributed by atoms with Gasteiger partial charge in [-0.15, -0.1) is 0 Å². The Morgan fingerprint density at radius 2 is 1.72 bits per heavy atom. The fourth-order valence-corrected chi connectivity index (χ4v) is 2.19. The van der Waals surface area contributed by atoms with Crippen molar-refractivity contribution in [3.63, 3.8) is 0 Å². The number of pyridine rings is 1. The molecule has 4 nitrogen and oxygen atoms in total. The highest BCUT2D eigenvalue weighted by Gasteiger charge is 2.09. The Morgan fingerprint density at radius 3 is 2.28 bits per heavy atom. The van der Waals surface area contributed by atoms with Crippen molar-refractivity contribution in [2.45, 2.75) is 4.90 Å². The van der Waals surface area contributed by atoms with Crippen LogP contribution in [-0.4, -0.2) is 13.4 Å². The van der Waals surface area contributed by atoms with E-state index in [0.29, 0.717) is 16.5 Å². The lowest BCUT2D eigenvalue weighted by Crippen LogP contribution is -1.90. The summed E-state index contributed by atoms with van der Waals surface area (Å²) >= 11 is 5.76. The molecule has 2 aromatic rings. The summed E-state index contributed by atoms with van der Waals surface area (Å²) in [5.41, 5.74) is 0. The van der Waals surface area contributed by atoms with Crippen molar-refractivity contribution in [3.05, 3.63) is 47.7 Å². The monoisotopic (exact) mass is 303 g/mol. The highest BCUT2D eigenvalue weighted by Crippen LogP contribution is 2.25. The molecule has 0 radical (unpaired) electrons. The summed E-state index contributed by atoms with van der Waals surface area (Å²) in [6.45, 7) is 0. The van der Waals surface area contributed by atoms with Crippen LogP contribution in [0.3, 0.4) is 0 Å². The molecule has 0 aliphatic rings. The quantitative estimate of drug-likeness (QED) is 0.815. The van der Waals surface area contributed by atoms with E-state index in [1.54, 1.807) is 6.07 Å². The van der Waals surface area contributed by atoms with E-state index >= 15 is 0 Å². The highest BCUT2D eigenvalue weighted by molar-refractivity contribution is 8.13. The summed E-state index contributed by atoms with van der Waals surface area (Å²) in [6.07, 6.45) is 2.98. The smallest absolute Gasteiger partial charge is 0.261 e. The van der Waals surface area contributed by atoms with Crippen LogP contribution in [0.25, 0.3) is 0 Å². The minimum atomic E-state index is -3.72. The fraction of sp³-hybridized carbons (Fsp3) is 0. The largest absolute Gasteiger partial charge is 0.456 e. The lowest BCUT2D eigenvalue weighted by molar-refractivity contribution is 0.480. The third kappa shape index (κ3) is 3.35. The number of rotatable bonds is 3. The van der Waals surface area contributed by atoms with Crippen LogP contribution in [0.1, 0.15) is 0 Å².